The predicted molar refractivity (Wildman–Crippen MR) is 195 cm³/mol. The molecule has 1 saturated heterocycles. The van der Waals surface area contributed by atoms with E-state index in [9.17, 15) is 14.7 Å². The van der Waals surface area contributed by atoms with E-state index in [0.717, 1.165) is 27.8 Å². The summed E-state index contributed by atoms with van der Waals surface area (Å²) in [6.45, 7) is 5.08. The van der Waals surface area contributed by atoms with Crippen LogP contribution in [0.25, 0.3) is 0 Å². The van der Waals surface area contributed by atoms with Crippen molar-refractivity contribution in [2.75, 3.05) is 0 Å². The van der Waals surface area contributed by atoms with Gasteiger partial charge in [0.25, 0.3) is 0 Å². The molecule has 0 saturated carbocycles. The van der Waals surface area contributed by atoms with Crippen LogP contribution in [0.1, 0.15) is 41.7 Å². The van der Waals surface area contributed by atoms with Gasteiger partial charge < -0.3 is 14.7 Å². The Balaban J connectivity index is 1.41. The summed E-state index contributed by atoms with van der Waals surface area (Å²) < 4.78 is 5.91. The van der Waals surface area contributed by atoms with E-state index >= 15 is 0 Å². The van der Waals surface area contributed by atoms with Crippen molar-refractivity contribution in [3.63, 3.8) is 0 Å². The average Bonchev–Trinajstić information content (AvgIpc) is 3.35. The van der Waals surface area contributed by atoms with Crippen molar-refractivity contribution >= 4 is 12.0 Å². The van der Waals surface area contributed by atoms with Gasteiger partial charge >= 0.3 is 6.09 Å². The third kappa shape index (κ3) is 8.13. The summed E-state index contributed by atoms with van der Waals surface area (Å²) in [5.74, 6) is -0.319. The number of carbonyl (C=O) groups excluding carboxylic acids is 2. The van der Waals surface area contributed by atoms with E-state index in [1.807, 2.05) is 141 Å². The highest BCUT2D eigenvalue weighted by Gasteiger charge is 2.58. The monoisotopic (exact) mass is 667 g/mol. The van der Waals surface area contributed by atoms with Crippen LogP contribution in [0, 0.1) is 0 Å². The second-order valence-electron chi connectivity index (χ2n) is 13.4. The molecule has 7 heteroatoms. The normalized spacial score (nSPS) is 16.7. The maximum absolute atomic E-state index is 14.8. The van der Waals surface area contributed by atoms with Crippen molar-refractivity contribution in [2.24, 2.45) is 0 Å². The minimum atomic E-state index is -1.26. The van der Waals surface area contributed by atoms with Crippen molar-refractivity contribution in [3.05, 3.63) is 179 Å². The van der Waals surface area contributed by atoms with Gasteiger partial charge in [-0.25, -0.2) is 4.79 Å². The van der Waals surface area contributed by atoms with Crippen LogP contribution in [-0.2, 0) is 42.2 Å². The van der Waals surface area contributed by atoms with E-state index in [1.165, 1.54) is 4.90 Å². The van der Waals surface area contributed by atoms with Crippen molar-refractivity contribution in [1.29, 1.82) is 0 Å². The Morgan fingerprint density at radius 3 is 1.58 bits per heavy atom. The third-order valence-corrected chi connectivity index (χ3v) is 9.56. The van der Waals surface area contributed by atoms with Gasteiger partial charge in [-0.3, -0.25) is 14.6 Å². The molecule has 0 bridgehead atoms. The van der Waals surface area contributed by atoms with Gasteiger partial charge in [-0.15, -0.1) is 0 Å². The van der Waals surface area contributed by atoms with Gasteiger partial charge in [0.1, 0.15) is 18.3 Å². The molecule has 1 aliphatic heterocycles. The molecule has 1 fully saturated rings. The first kappa shape index (κ1) is 34.6. The van der Waals surface area contributed by atoms with Crippen LogP contribution < -0.4 is 0 Å². The summed E-state index contributed by atoms with van der Waals surface area (Å²) in [5.41, 5.74) is 3.84. The molecule has 0 spiro atoms. The molecule has 50 heavy (non-hydrogen) atoms. The maximum atomic E-state index is 14.8. The largest absolute Gasteiger partial charge is 0.444 e. The molecule has 7 nitrogen and oxygen atoms in total. The zero-order valence-corrected chi connectivity index (χ0v) is 28.7. The molecule has 1 aliphatic rings. The number of benzene rings is 5. The molecule has 5 aromatic rings. The zero-order chi connectivity index (χ0) is 34.9. The van der Waals surface area contributed by atoms with E-state index in [-0.39, 0.29) is 19.1 Å². The average molecular weight is 668 g/mol. The van der Waals surface area contributed by atoms with Crippen LogP contribution in [-0.4, -0.2) is 55.7 Å². The van der Waals surface area contributed by atoms with Gasteiger partial charge in [-0.05, 0) is 48.1 Å². The maximum Gasteiger partial charge on any atom is 0.412 e. The summed E-state index contributed by atoms with van der Waals surface area (Å²) in [6, 6.07) is 47.8. The summed E-state index contributed by atoms with van der Waals surface area (Å²) in [6.07, 6.45) is -1.46. The first-order valence-electron chi connectivity index (χ1n) is 17.2. The lowest BCUT2D eigenvalue weighted by molar-refractivity contribution is -0.135. The van der Waals surface area contributed by atoms with Gasteiger partial charge in [0.15, 0.2) is 0 Å². The highest BCUT2D eigenvalue weighted by Crippen LogP contribution is 2.37. The van der Waals surface area contributed by atoms with Crippen molar-refractivity contribution in [3.8, 4) is 0 Å². The summed E-state index contributed by atoms with van der Waals surface area (Å²) >= 11 is 0. The van der Waals surface area contributed by atoms with Gasteiger partial charge in [0.05, 0.1) is 6.10 Å². The molecule has 6 rings (SSSR count). The molecule has 1 heterocycles. The predicted octanol–water partition coefficient (Wildman–Crippen LogP) is 7.45. The Kier molecular flexibility index (Phi) is 11.1. The molecule has 2 unspecified atom stereocenters. The fourth-order valence-corrected chi connectivity index (χ4v) is 6.93. The summed E-state index contributed by atoms with van der Waals surface area (Å²) in [5, 5.41) is 12.7. The lowest BCUT2D eigenvalue weighted by atomic mass is 9.93. The smallest absolute Gasteiger partial charge is 0.412 e. The van der Waals surface area contributed by atoms with Crippen LogP contribution >= 0.6 is 0 Å². The number of carbonyl (C=O) groups is 2. The van der Waals surface area contributed by atoms with Crippen LogP contribution in [0.2, 0.25) is 0 Å². The lowest BCUT2D eigenvalue weighted by Gasteiger charge is -2.41. The molecule has 2 amide bonds. The highest BCUT2D eigenvalue weighted by molar-refractivity contribution is 5.91. The topological polar surface area (TPSA) is 73.3 Å². The van der Waals surface area contributed by atoms with E-state index in [2.05, 4.69) is 29.2 Å². The number of ether oxygens (including phenoxy) is 1. The standard InChI is InChI=1S/C43H45N3O4/c1-43(2)45(31-36-24-14-6-15-25-36)41(48)39(46(43)42(49)50-32-37-26-16-7-17-27-37)40(47)38(28-33-18-8-3-9-19-33)44(29-34-20-10-4-11-21-34)30-35-22-12-5-13-23-35/h3-27,38-40,47H,28-32H2,1-2H3/t38-,39?,40?/m0/s1. The molecule has 5 aromatic carbocycles. The molecule has 0 radical (unpaired) electrons. The number of aliphatic hydroxyl groups is 1. The van der Waals surface area contributed by atoms with E-state index < -0.39 is 29.9 Å². The van der Waals surface area contributed by atoms with Crippen LogP contribution in [0.4, 0.5) is 4.79 Å². The Morgan fingerprint density at radius 1 is 0.680 bits per heavy atom. The zero-order valence-electron chi connectivity index (χ0n) is 28.7. The molecule has 0 aliphatic carbocycles. The van der Waals surface area contributed by atoms with E-state index in [4.69, 9.17) is 4.74 Å². The first-order valence-corrected chi connectivity index (χ1v) is 17.2. The molecular formula is C43H45N3O4. The molecular weight excluding hydrogens is 622 g/mol. The fraction of sp³-hybridized carbons (Fsp3) is 0.256. The van der Waals surface area contributed by atoms with Gasteiger partial charge in [-0.1, -0.05) is 152 Å². The lowest BCUT2D eigenvalue weighted by Crippen LogP contribution is -2.59. The number of nitrogens with zero attached hydrogens (tertiary/aromatic N) is 3. The Bertz CT molecular complexity index is 1760. The second-order valence-corrected chi connectivity index (χ2v) is 13.4. The number of rotatable bonds is 13. The number of hydrogen-bond donors (Lipinski definition) is 1. The fourth-order valence-electron chi connectivity index (χ4n) is 6.93. The second kappa shape index (κ2) is 16.0. The minimum Gasteiger partial charge on any atom is -0.444 e. The number of aliphatic hydroxyl groups excluding tert-OH is 1. The van der Waals surface area contributed by atoms with Crippen molar-refractivity contribution in [2.45, 2.75) is 70.4 Å². The Hall–Kier alpha value is -5.24. The number of hydrogen-bond acceptors (Lipinski definition) is 5. The van der Waals surface area contributed by atoms with Crippen LogP contribution in [0.15, 0.2) is 152 Å². The van der Waals surface area contributed by atoms with E-state index in [0.29, 0.717) is 19.5 Å². The van der Waals surface area contributed by atoms with Gasteiger partial charge in [0, 0.05) is 25.7 Å². The molecule has 3 atom stereocenters. The summed E-state index contributed by atoms with van der Waals surface area (Å²) in [4.78, 5) is 34.4. The van der Waals surface area contributed by atoms with Crippen molar-refractivity contribution < 1.29 is 19.4 Å². The highest BCUT2D eigenvalue weighted by atomic mass is 16.6. The SMILES string of the molecule is CC1(C)N(Cc2ccccc2)C(=O)C(C(O)[C@H](Cc2ccccc2)N(Cc2ccccc2)Cc2ccccc2)N1C(=O)OCc1ccccc1. The minimum absolute atomic E-state index is 0.0452. The van der Waals surface area contributed by atoms with Gasteiger partial charge in [0.2, 0.25) is 5.91 Å². The quantitative estimate of drug-likeness (QED) is 0.141. The Labute approximate surface area is 295 Å². The van der Waals surface area contributed by atoms with Crippen molar-refractivity contribution in [1.82, 2.24) is 14.7 Å². The third-order valence-electron chi connectivity index (χ3n) is 9.56. The number of amides is 2. The van der Waals surface area contributed by atoms with Gasteiger partial charge in [-0.2, -0.15) is 0 Å². The van der Waals surface area contributed by atoms with Crippen LogP contribution in [0.5, 0.6) is 0 Å². The molecule has 1 N–H and O–H groups in total. The molecule has 256 valence electrons. The molecule has 0 aromatic heterocycles. The summed E-state index contributed by atoms with van der Waals surface area (Å²) in [7, 11) is 0. The van der Waals surface area contributed by atoms with E-state index in [1.54, 1.807) is 4.90 Å². The Morgan fingerprint density at radius 2 is 1.10 bits per heavy atom. The van der Waals surface area contributed by atoms with Crippen LogP contribution in [0.3, 0.4) is 0 Å². The first-order chi connectivity index (χ1) is 24.3.